The summed E-state index contributed by atoms with van der Waals surface area (Å²) in [5.74, 6) is 6.03. The molecule has 2 N–H and O–H groups in total. The van der Waals surface area contributed by atoms with Crippen LogP contribution in [-0.2, 0) is 0 Å². The second-order valence-corrected chi connectivity index (χ2v) is 3.18. The van der Waals surface area contributed by atoms with Crippen LogP contribution in [0.5, 0.6) is 0 Å². The van der Waals surface area contributed by atoms with Gasteiger partial charge in [-0.2, -0.15) is 0 Å². The van der Waals surface area contributed by atoms with Crippen LogP contribution in [0.3, 0.4) is 0 Å². The number of nitrogens with two attached hydrogens (primary N) is 1. The van der Waals surface area contributed by atoms with Crippen molar-refractivity contribution in [3.05, 3.63) is 40.5 Å². The number of hydrogen-bond acceptors (Lipinski definition) is 4. The first kappa shape index (κ1) is 10.7. The van der Waals surface area contributed by atoms with E-state index in [9.17, 15) is 0 Å². The molecule has 0 radical (unpaired) electrons. The maximum absolute atomic E-state index is 8.10. The lowest BCUT2D eigenvalue weighted by Gasteiger charge is -1.99. The quantitative estimate of drug-likeness (QED) is 0.346. The minimum absolute atomic E-state index is 0.148. The molecule has 0 aliphatic carbocycles. The highest BCUT2D eigenvalue weighted by Crippen LogP contribution is 2.17. The zero-order chi connectivity index (χ0) is 12.1. The van der Waals surface area contributed by atoms with Crippen molar-refractivity contribution in [2.24, 2.45) is 5.11 Å². The summed E-state index contributed by atoms with van der Waals surface area (Å²) in [4.78, 5) is 10.6. The zero-order valence-electron chi connectivity index (χ0n) is 8.83. The van der Waals surface area contributed by atoms with Gasteiger partial charge in [-0.05, 0) is 23.7 Å². The van der Waals surface area contributed by atoms with Gasteiger partial charge in [-0.15, -0.1) is 0 Å². The van der Waals surface area contributed by atoms with Crippen molar-refractivity contribution in [2.75, 3.05) is 12.3 Å². The maximum atomic E-state index is 8.10. The zero-order valence-corrected chi connectivity index (χ0v) is 8.83. The summed E-state index contributed by atoms with van der Waals surface area (Å²) in [7, 11) is 0. The van der Waals surface area contributed by atoms with Gasteiger partial charge in [-0.25, -0.2) is 9.97 Å². The third-order valence-electron chi connectivity index (χ3n) is 2.11. The Balaban J connectivity index is 2.39. The van der Waals surface area contributed by atoms with Crippen molar-refractivity contribution in [1.29, 1.82) is 0 Å². The van der Waals surface area contributed by atoms with E-state index in [2.05, 4.69) is 31.8 Å². The van der Waals surface area contributed by atoms with E-state index in [-0.39, 0.29) is 6.54 Å². The first-order valence-electron chi connectivity index (χ1n) is 4.81. The minimum Gasteiger partial charge on any atom is -0.383 e. The lowest BCUT2D eigenvalue weighted by atomic mass is 10.1. The van der Waals surface area contributed by atoms with Crippen molar-refractivity contribution in [2.45, 2.75) is 0 Å². The maximum Gasteiger partial charge on any atom is 0.134 e. The number of azide groups is 1. The van der Waals surface area contributed by atoms with Gasteiger partial charge in [0, 0.05) is 15.9 Å². The van der Waals surface area contributed by atoms with Crippen LogP contribution in [0, 0.1) is 11.8 Å². The summed E-state index contributed by atoms with van der Waals surface area (Å²) in [6.45, 7) is 0.148. The molecule has 0 amide bonds. The van der Waals surface area contributed by atoms with E-state index < -0.39 is 0 Å². The van der Waals surface area contributed by atoms with E-state index >= 15 is 0 Å². The Morgan fingerprint density at radius 1 is 1.41 bits per heavy atom. The van der Waals surface area contributed by atoms with Crippen molar-refractivity contribution in [3.63, 3.8) is 0 Å². The van der Waals surface area contributed by atoms with Gasteiger partial charge in [-0.1, -0.05) is 17.0 Å². The van der Waals surface area contributed by atoms with Crippen LogP contribution in [0.25, 0.3) is 21.3 Å². The smallest absolute Gasteiger partial charge is 0.134 e. The molecular formula is C11H8N6. The fourth-order valence-electron chi connectivity index (χ4n) is 1.36. The molecule has 2 rings (SSSR count). The predicted octanol–water partition coefficient (Wildman–Crippen LogP) is 1.87. The third-order valence-corrected chi connectivity index (χ3v) is 2.11. The van der Waals surface area contributed by atoms with Crippen LogP contribution < -0.4 is 5.73 Å². The van der Waals surface area contributed by atoms with Crippen LogP contribution >= 0.6 is 0 Å². The van der Waals surface area contributed by atoms with Crippen LogP contribution in [0.4, 0.5) is 5.82 Å². The number of rotatable bonds is 1. The van der Waals surface area contributed by atoms with Crippen LogP contribution in [0.1, 0.15) is 5.56 Å². The van der Waals surface area contributed by atoms with E-state index in [1.54, 1.807) is 0 Å². The normalized spacial score (nSPS) is 9.18. The number of aromatic nitrogens is 2. The highest BCUT2D eigenvalue weighted by atomic mass is 15.1. The second-order valence-electron chi connectivity index (χ2n) is 3.18. The Kier molecular flexibility index (Phi) is 3.05. The molecule has 0 spiro atoms. The molecule has 0 atom stereocenters. The molecule has 0 unspecified atom stereocenters. The fraction of sp³-hybridized carbons (Fsp3) is 0.0909. The lowest BCUT2D eigenvalue weighted by molar-refractivity contribution is 1.23. The summed E-state index contributed by atoms with van der Waals surface area (Å²) in [6, 6.07) is 5.47. The average molecular weight is 224 g/mol. The molecule has 17 heavy (non-hydrogen) atoms. The first-order chi connectivity index (χ1) is 8.31. The van der Waals surface area contributed by atoms with Gasteiger partial charge in [0.2, 0.25) is 0 Å². The molecule has 0 aliphatic rings. The van der Waals surface area contributed by atoms with Gasteiger partial charge in [0.05, 0.1) is 12.1 Å². The Morgan fingerprint density at radius 2 is 2.29 bits per heavy atom. The monoisotopic (exact) mass is 224 g/mol. The lowest BCUT2D eigenvalue weighted by Crippen LogP contribution is -1.93. The van der Waals surface area contributed by atoms with E-state index in [0.29, 0.717) is 5.82 Å². The summed E-state index contributed by atoms with van der Waals surface area (Å²) in [5, 5.41) is 4.09. The molecule has 0 bridgehead atoms. The molecule has 6 nitrogen and oxygen atoms in total. The Labute approximate surface area is 97.1 Å². The number of nitrogen functional groups attached to an aromatic ring is 1. The number of nitrogens with zero attached hydrogens (tertiary/aromatic N) is 5. The van der Waals surface area contributed by atoms with Gasteiger partial charge < -0.3 is 5.73 Å². The predicted molar refractivity (Wildman–Crippen MR) is 64.8 cm³/mol. The summed E-state index contributed by atoms with van der Waals surface area (Å²) >= 11 is 0. The van der Waals surface area contributed by atoms with E-state index in [1.165, 1.54) is 6.33 Å². The molecule has 1 aromatic heterocycles. The molecular weight excluding hydrogens is 216 g/mol. The van der Waals surface area contributed by atoms with Gasteiger partial charge >= 0.3 is 0 Å². The number of hydrogen-bond donors (Lipinski definition) is 1. The van der Waals surface area contributed by atoms with E-state index in [1.807, 2.05) is 18.2 Å². The fourth-order valence-corrected chi connectivity index (χ4v) is 1.36. The third kappa shape index (κ3) is 2.43. The Morgan fingerprint density at radius 3 is 3.12 bits per heavy atom. The van der Waals surface area contributed by atoms with Gasteiger partial charge in [0.25, 0.3) is 0 Å². The molecule has 0 aliphatic heterocycles. The molecule has 82 valence electrons. The number of fused-ring (bicyclic) bond motifs is 1. The molecule has 2 aromatic rings. The van der Waals surface area contributed by atoms with Gasteiger partial charge in [-0.3, -0.25) is 0 Å². The Bertz CT molecular complexity index is 660. The first-order valence-corrected chi connectivity index (χ1v) is 4.81. The van der Waals surface area contributed by atoms with Crippen molar-refractivity contribution < 1.29 is 0 Å². The van der Waals surface area contributed by atoms with E-state index in [0.717, 1.165) is 16.5 Å². The van der Waals surface area contributed by atoms with Crippen LogP contribution in [0.15, 0.2) is 29.6 Å². The summed E-state index contributed by atoms with van der Waals surface area (Å²) in [5.41, 5.74) is 15.4. The molecule has 6 heteroatoms. The van der Waals surface area contributed by atoms with Crippen LogP contribution in [-0.4, -0.2) is 16.5 Å². The summed E-state index contributed by atoms with van der Waals surface area (Å²) < 4.78 is 0. The van der Waals surface area contributed by atoms with Gasteiger partial charge in [0.15, 0.2) is 0 Å². The molecule has 1 heterocycles. The molecule has 0 fully saturated rings. The molecule has 0 saturated heterocycles. The van der Waals surface area contributed by atoms with Crippen molar-refractivity contribution in [3.8, 4) is 11.8 Å². The second kappa shape index (κ2) is 4.84. The largest absolute Gasteiger partial charge is 0.383 e. The molecule has 1 aromatic carbocycles. The number of anilines is 1. The van der Waals surface area contributed by atoms with E-state index in [4.69, 9.17) is 11.3 Å². The minimum atomic E-state index is 0.148. The Hall–Kier alpha value is -2.77. The summed E-state index contributed by atoms with van der Waals surface area (Å²) in [6.07, 6.45) is 1.42. The topological polar surface area (TPSA) is 101 Å². The van der Waals surface area contributed by atoms with Crippen LogP contribution in [0.2, 0.25) is 0 Å². The number of benzene rings is 1. The highest BCUT2D eigenvalue weighted by molar-refractivity contribution is 5.88. The standard InChI is InChI=1S/C11H8N6/c12-11-9-6-8(2-1-5-16-17-13)3-4-10(9)14-7-15-11/h3-4,6-7H,5H2,(H2,12,14,15). The molecule has 0 saturated carbocycles. The van der Waals surface area contributed by atoms with Gasteiger partial charge in [0.1, 0.15) is 12.1 Å². The van der Waals surface area contributed by atoms with Crippen molar-refractivity contribution in [1.82, 2.24) is 9.97 Å². The highest BCUT2D eigenvalue weighted by Gasteiger charge is 1.99. The average Bonchev–Trinajstić information content (AvgIpc) is 2.36. The van der Waals surface area contributed by atoms with Crippen molar-refractivity contribution >= 4 is 16.7 Å². The SMILES string of the molecule is [N-]=[N+]=NCC#Cc1ccc2ncnc(N)c2c1.